The summed E-state index contributed by atoms with van der Waals surface area (Å²) in [6.07, 6.45) is 0.802. The molecule has 0 aliphatic rings. The van der Waals surface area contributed by atoms with Gasteiger partial charge in [-0.05, 0) is 43.0 Å². The van der Waals surface area contributed by atoms with Crippen LogP contribution in [0.1, 0.15) is 19.4 Å². The number of rotatable bonds is 3. The van der Waals surface area contributed by atoms with E-state index in [9.17, 15) is 4.39 Å². The number of hydrogen-bond acceptors (Lipinski definition) is 1. The summed E-state index contributed by atoms with van der Waals surface area (Å²) < 4.78 is 13.9. The number of nitrogens with two attached hydrogens (primary N) is 1. The van der Waals surface area contributed by atoms with E-state index >= 15 is 0 Å². The molecule has 2 atom stereocenters. The van der Waals surface area contributed by atoms with E-state index in [1.54, 1.807) is 12.1 Å². The van der Waals surface area contributed by atoms with Gasteiger partial charge in [0, 0.05) is 10.5 Å². The lowest BCUT2D eigenvalue weighted by Gasteiger charge is -2.16. The second-order valence-corrected chi connectivity index (χ2v) is 4.63. The largest absolute Gasteiger partial charge is 0.328 e. The van der Waals surface area contributed by atoms with E-state index < -0.39 is 0 Å². The molecule has 1 aromatic rings. The molecule has 0 spiro atoms. The minimum Gasteiger partial charge on any atom is -0.328 e. The summed E-state index contributed by atoms with van der Waals surface area (Å²) >= 11 is 3.40. The molecule has 0 heterocycles. The van der Waals surface area contributed by atoms with E-state index in [1.807, 2.05) is 6.92 Å². The van der Waals surface area contributed by atoms with Crippen molar-refractivity contribution in [2.75, 3.05) is 0 Å². The van der Waals surface area contributed by atoms with E-state index in [2.05, 4.69) is 22.9 Å². The third kappa shape index (κ3) is 3.07. The van der Waals surface area contributed by atoms with Crippen LogP contribution in [0.15, 0.2) is 22.7 Å². The Hall–Kier alpha value is -0.410. The summed E-state index contributed by atoms with van der Waals surface area (Å²) in [6.45, 7) is 4.04. The van der Waals surface area contributed by atoms with Gasteiger partial charge in [0.25, 0.3) is 0 Å². The van der Waals surface area contributed by atoms with Gasteiger partial charge in [0.1, 0.15) is 5.82 Å². The molecule has 0 bridgehead atoms. The van der Waals surface area contributed by atoms with Crippen molar-refractivity contribution in [3.05, 3.63) is 34.1 Å². The summed E-state index contributed by atoms with van der Waals surface area (Å²) in [5.41, 5.74) is 6.74. The van der Waals surface area contributed by atoms with Gasteiger partial charge in [0.2, 0.25) is 0 Å². The molecule has 0 saturated heterocycles. The van der Waals surface area contributed by atoms with Crippen LogP contribution in [0.5, 0.6) is 0 Å². The van der Waals surface area contributed by atoms with Gasteiger partial charge < -0.3 is 5.73 Å². The first-order valence-corrected chi connectivity index (χ1v) is 5.49. The molecule has 0 amide bonds. The van der Waals surface area contributed by atoms with Crippen molar-refractivity contribution in [2.24, 2.45) is 11.7 Å². The smallest absolute Gasteiger partial charge is 0.123 e. The highest BCUT2D eigenvalue weighted by Gasteiger charge is 2.11. The summed E-state index contributed by atoms with van der Waals surface area (Å²) in [5.74, 6) is 0.160. The molecule has 1 rings (SSSR count). The molecule has 2 N–H and O–H groups in total. The number of hydrogen-bond donors (Lipinski definition) is 1. The second-order valence-electron chi connectivity index (χ2n) is 3.78. The maximum atomic E-state index is 12.9. The van der Waals surface area contributed by atoms with Crippen molar-refractivity contribution in [1.29, 1.82) is 0 Å². The summed E-state index contributed by atoms with van der Waals surface area (Å²) in [4.78, 5) is 0. The van der Waals surface area contributed by atoms with Crippen molar-refractivity contribution in [3.63, 3.8) is 0 Å². The molecule has 78 valence electrons. The van der Waals surface area contributed by atoms with Crippen molar-refractivity contribution >= 4 is 15.9 Å². The Kier molecular flexibility index (Phi) is 4.08. The lowest BCUT2D eigenvalue weighted by Crippen LogP contribution is -2.25. The lowest BCUT2D eigenvalue weighted by molar-refractivity contribution is 0.479. The van der Waals surface area contributed by atoms with Crippen LogP contribution < -0.4 is 5.73 Å². The molecule has 14 heavy (non-hydrogen) atoms. The maximum absolute atomic E-state index is 12.9. The highest BCUT2D eigenvalue weighted by atomic mass is 79.9. The van der Waals surface area contributed by atoms with Crippen molar-refractivity contribution < 1.29 is 4.39 Å². The van der Waals surface area contributed by atoms with Crippen LogP contribution in [0.3, 0.4) is 0 Å². The van der Waals surface area contributed by atoms with Crippen LogP contribution in [0, 0.1) is 11.7 Å². The van der Waals surface area contributed by atoms with Crippen molar-refractivity contribution in [2.45, 2.75) is 26.3 Å². The van der Waals surface area contributed by atoms with Gasteiger partial charge in [-0.2, -0.15) is 0 Å². The van der Waals surface area contributed by atoms with Crippen LogP contribution >= 0.6 is 15.9 Å². The first kappa shape index (κ1) is 11.7. The predicted octanol–water partition coefficient (Wildman–Crippen LogP) is 3.11. The average molecular weight is 260 g/mol. The van der Waals surface area contributed by atoms with Crippen molar-refractivity contribution in [1.82, 2.24) is 0 Å². The topological polar surface area (TPSA) is 26.0 Å². The summed E-state index contributed by atoms with van der Waals surface area (Å²) in [5, 5.41) is 0. The van der Waals surface area contributed by atoms with E-state index in [4.69, 9.17) is 5.73 Å². The third-order valence-corrected chi connectivity index (χ3v) is 3.22. The molecule has 0 radical (unpaired) electrons. The van der Waals surface area contributed by atoms with E-state index in [0.29, 0.717) is 5.92 Å². The van der Waals surface area contributed by atoms with E-state index in [0.717, 1.165) is 16.5 Å². The molecular weight excluding hydrogens is 245 g/mol. The standard InChI is InChI=1S/C11H15BrFN/c1-7(8(2)14)5-9-6-10(13)3-4-11(9)12/h3-4,6-8H,5,14H2,1-2H3. The third-order valence-electron chi connectivity index (χ3n) is 2.45. The fourth-order valence-electron chi connectivity index (χ4n) is 1.23. The van der Waals surface area contributed by atoms with Crippen molar-refractivity contribution in [3.8, 4) is 0 Å². The number of halogens is 2. The van der Waals surface area contributed by atoms with Gasteiger partial charge in [-0.1, -0.05) is 22.9 Å². The maximum Gasteiger partial charge on any atom is 0.123 e. The van der Waals surface area contributed by atoms with Gasteiger partial charge in [0.15, 0.2) is 0 Å². The van der Waals surface area contributed by atoms with Gasteiger partial charge in [-0.3, -0.25) is 0 Å². The fraction of sp³-hybridized carbons (Fsp3) is 0.455. The molecule has 0 aliphatic carbocycles. The SMILES string of the molecule is CC(N)C(C)Cc1cc(F)ccc1Br. The van der Waals surface area contributed by atoms with Gasteiger partial charge in [0.05, 0.1) is 0 Å². The van der Waals surface area contributed by atoms with Crippen LogP contribution in [0.4, 0.5) is 4.39 Å². The number of benzene rings is 1. The Morgan fingerprint density at radius 2 is 2.07 bits per heavy atom. The Morgan fingerprint density at radius 3 is 2.64 bits per heavy atom. The fourth-order valence-corrected chi connectivity index (χ4v) is 1.64. The summed E-state index contributed by atoms with van der Waals surface area (Å²) in [6, 6.07) is 4.87. The molecule has 1 nitrogen and oxygen atoms in total. The molecule has 1 aromatic carbocycles. The second kappa shape index (κ2) is 4.89. The molecular formula is C11H15BrFN. The molecule has 3 heteroatoms. The van der Waals surface area contributed by atoms with Crippen LogP contribution in [0.25, 0.3) is 0 Å². The molecule has 2 unspecified atom stereocenters. The van der Waals surface area contributed by atoms with E-state index in [-0.39, 0.29) is 11.9 Å². The molecule has 0 saturated carbocycles. The zero-order valence-electron chi connectivity index (χ0n) is 8.43. The van der Waals surface area contributed by atoms with E-state index in [1.165, 1.54) is 6.07 Å². The first-order chi connectivity index (χ1) is 6.50. The highest BCUT2D eigenvalue weighted by molar-refractivity contribution is 9.10. The monoisotopic (exact) mass is 259 g/mol. The summed E-state index contributed by atoms with van der Waals surface area (Å²) in [7, 11) is 0. The Labute approximate surface area is 92.6 Å². The predicted molar refractivity (Wildman–Crippen MR) is 60.6 cm³/mol. The Balaban J connectivity index is 2.80. The van der Waals surface area contributed by atoms with Crippen LogP contribution in [-0.4, -0.2) is 6.04 Å². The van der Waals surface area contributed by atoms with Crippen LogP contribution in [-0.2, 0) is 6.42 Å². The average Bonchev–Trinajstić information content (AvgIpc) is 2.11. The van der Waals surface area contributed by atoms with Gasteiger partial charge in [-0.25, -0.2) is 4.39 Å². The van der Waals surface area contributed by atoms with Crippen LogP contribution in [0.2, 0.25) is 0 Å². The normalized spacial score (nSPS) is 15.2. The molecule has 0 aliphatic heterocycles. The zero-order chi connectivity index (χ0) is 10.7. The first-order valence-electron chi connectivity index (χ1n) is 4.70. The van der Waals surface area contributed by atoms with Gasteiger partial charge >= 0.3 is 0 Å². The Bertz CT molecular complexity index is 312. The molecule has 0 fully saturated rings. The zero-order valence-corrected chi connectivity index (χ0v) is 10.0. The lowest BCUT2D eigenvalue weighted by atomic mass is 9.95. The minimum atomic E-state index is -0.194. The minimum absolute atomic E-state index is 0.130. The highest BCUT2D eigenvalue weighted by Crippen LogP contribution is 2.21. The Morgan fingerprint density at radius 1 is 1.43 bits per heavy atom. The molecule has 0 aromatic heterocycles. The quantitative estimate of drug-likeness (QED) is 0.887. The van der Waals surface area contributed by atoms with Gasteiger partial charge in [-0.15, -0.1) is 0 Å².